The van der Waals surface area contributed by atoms with Gasteiger partial charge < -0.3 is 4.98 Å². The Balaban J connectivity index is 0.000000155. The van der Waals surface area contributed by atoms with Crippen LogP contribution in [-0.4, -0.2) is 19.9 Å². The molecule has 0 fully saturated rings. The Bertz CT molecular complexity index is 1880. The van der Waals surface area contributed by atoms with Gasteiger partial charge in [0.2, 0.25) is 0 Å². The summed E-state index contributed by atoms with van der Waals surface area (Å²) in [6.45, 7) is 4.18. The molecule has 3 aromatic heterocycles. The molecule has 39 heavy (non-hydrogen) atoms. The monoisotopic (exact) mass is 681 g/mol. The molecular formula is C34H24IrN4-2. The van der Waals surface area contributed by atoms with Crippen LogP contribution in [0.5, 0.6) is 0 Å². The summed E-state index contributed by atoms with van der Waals surface area (Å²) >= 11 is 0. The molecule has 5 heteroatoms. The van der Waals surface area contributed by atoms with Crippen LogP contribution in [0, 0.1) is 26.0 Å². The van der Waals surface area contributed by atoms with Crippen molar-refractivity contribution in [2.45, 2.75) is 13.8 Å². The molecule has 1 radical (unpaired) electrons. The number of aromatic nitrogens is 4. The number of fused-ring (bicyclic) bond motifs is 4. The second-order valence-corrected chi connectivity index (χ2v) is 9.20. The Morgan fingerprint density at radius 1 is 0.667 bits per heavy atom. The summed E-state index contributed by atoms with van der Waals surface area (Å²) in [5.41, 5.74) is 6.33. The van der Waals surface area contributed by atoms with Gasteiger partial charge in [0, 0.05) is 55.7 Å². The first-order chi connectivity index (χ1) is 18.7. The number of benzene rings is 4. The van der Waals surface area contributed by atoms with Crippen molar-refractivity contribution in [2.75, 3.05) is 0 Å². The Kier molecular flexibility index (Phi) is 7.83. The SMILES string of the molecule is Cc1[c-]c(-c2nccc3ccccc23)cc(C)c1.[Ir].[c-]1ccccc1-c1ncc2c(ccc3cnccc32)n1. The molecule has 0 unspecified atom stereocenters. The maximum Gasteiger partial charge on any atom is 0.0755 e. The zero-order valence-corrected chi connectivity index (χ0v) is 23.9. The molecular weight excluding hydrogens is 657 g/mol. The molecule has 0 atom stereocenters. The van der Waals surface area contributed by atoms with Gasteiger partial charge in [0.05, 0.1) is 11.3 Å². The third-order valence-corrected chi connectivity index (χ3v) is 6.41. The van der Waals surface area contributed by atoms with Crippen molar-refractivity contribution in [2.24, 2.45) is 0 Å². The third-order valence-electron chi connectivity index (χ3n) is 6.41. The summed E-state index contributed by atoms with van der Waals surface area (Å²) in [5, 5.41) is 5.67. The number of rotatable bonds is 2. The molecule has 191 valence electrons. The first kappa shape index (κ1) is 26.3. The minimum atomic E-state index is 0. The summed E-state index contributed by atoms with van der Waals surface area (Å²) < 4.78 is 0. The van der Waals surface area contributed by atoms with Crippen LogP contribution in [-0.2, 0) is 20.1 Å². The third kappa shape index (κ3) is 5.61. The minimum Gasteiger partial charge on any atom is -0.304 e. The second kappa shape index (κ2) is 11.6. The summed E-state index contributed by atoms with van der Waals surface area (Å²) in [6.07, 6.45) is 7.39. The summed E-state index contributed by atoms with van der Waals surface area (Å²) in [6, 6.07) is 35.0. The quantitative estimate of drug-likeness (QED) is 0.137. The van der Waals surface area contributed by atoms with E-state index in [0.717, 1.165) is 44.1 Å². The topological polar surface area (TPSA) is 51.6 Å². The van der Waals surface area contributed by atoms with Crippen LogP contribution in [0.25, 0.3) is 55.1 Å². The molecule has 0 aliphatic heterocycles. The van der Waals surface area contributed by atoms with Gasteiger partial charge in [-0.3, -0.25) is 15.0 Å². The van der Waals surface area contributed by atoms with Crippen molar-refractivity contribution < 1.29 is 20.1 Å². The van der Waals surface area contributed by atoms with E-state index in [-0.39, 0.29) is 20.1 Å². The first-order valence-electron chi connectivity index (χ1n) is 12.5. The average molecular weight is 681 g/mol. The molecule has 0 aliphatic rings. The fourth-order valence-electron chi connectivity index (χ4n) is 4.70. The van der Waals surface area contributed by atoms with Crippen LogP contribution in [0.1, 0.15) is 11.1 Å². The van der Waals surface area contributed by atoms with Crippen LogP contribution in [0.4, 0.5) is 0 Å². The molecule has 4 nitrogen and oxygen atoms in total. The molecule has 0 spiro atoms. The molecule has 0 saturated heterocycles. The van der Waals surface area contributed by atoms with Crippen LogP contribution in [0.15, 0.2) is 110 Å². The molecule has 0 N–H and O–H groups in total. The van der Waals surface area contributed by atoms with E-state index >= 15 is 0 Å². The van der Waals surface area contributed by atoms with E-state index in [1.807, 2.05) is 67.1 Å². The summed E-state index contributed by atoms with van der Waals surface area (Å²) in [5.74, 6) is 0.700. The largest absolute Gasteiger partial charge is 0.304 e. The number of nitrogens with zero attached hydrogens (tertiary/aromatic N) is 4. The standard InChI is InChI=1S/C17H10N3.C17H14N.Ir/c1-2-4-12(5-3-1)17-19-11-15-14-8-9-18-10-13(14)6-7-16(15)20-17;1-12-9-13(2)11-15(10-12)17-16-6-4-3-5-14(16)7-8-18-17;/h1-4,6-11H;3-10H,1-2H3;/q2*-1;. The van der Waals surface area contributed by atoms with Crippen LogP contribution in [0.2, 0.25) is 0 Å². The Morgan fingerprint density at radius 3 is 2.38 bits per heavy atom. The van der Waals surface area contributed by atoms with Gasteiger partial charge in [-0.25, -0.2) is 0 Å². The summed E-state index contributed by atoms with van der Waals surface area (Å²) in [4.78, 5) is 17.8. The molecule has 3 heterocycles. The van der Waals surface area contributed by atoms with Gasteiger partial charge in [-0.2, -0.15) is 0 Å². The molecule has 0 amide bonds. The van der Waals surface area contributed by atoms with Gasteiger partial charge in [-0.05, 0) is 40.1 Å². The number of hydrogen-bond donors (Lipinski definition) is 0. The zero-order chi connectivity index (χ0) is 25.9. The van der Waals surface area contributed by atoms with Crippen molar-refractivity contribution in [3.8, 4) is 22.6 Å². The van der Waals surface area contributed by atoms with Crippen molar-refractivity contribution >= 4 is 32.4 Å². The zero-order valence-electron chi connectivity index (χ0n) is 21.5. The van der Waals surface area contributed by atoms with E-state index in [4.69, 9.17) is 0 Å². The van der Waals surface area contributed by atoms with Gasteiger partial charge in [-0.15, -0.1) is 70.8 Å². The van der Waals surface area contributed by atoms with E-state index < -0.39 is 0 Å². The predicted octanol–water partition coefficient (Wildman–Crippen LogP) is 7.96. The van der Waals surface area contributed by atoms with Crippen LogP contribution in [0.3, 0.4) is 0 Å². The van der Waals surface area contributed by atoms with Crippen molar-refractivity contribution in [1.29, 1.82) is 0 Å². The van der Waals surface area contributed by atoms with Gasteiger partial charge in [0.25, 0.3) is 0 Å². The van der Waals surface area contributed by atoms with E-state index in [0.29, 0.717) is 5.82 Å². The summed E-state index contributed by atoms with van der Waals surface area (Å²) in [7, 11) is 0. The van der Waals surface area contributed by atoms with Crippen molar-refractivity contribution in [3.05, 3.63) is 133 Å². The fraction of sp³-hybridized carbons (Fsp3) is 0.0588. The van der Waals surface area contributed by atoms with Crippen molar-refractivity contribution in [3.63, 3.8) is 0 Å². The second-order valence-electron chi connectivity index (χ2n) is 9.20. The maximum absolute atomic E-state index is 4.63. The molecule has 7 rings (SSSR count). The molecule has 0 aliphatic carbocycles. The number of pyridine rings is 2. The average Bonchev–Trinajstić information content (AvgIpc) is 2.97. The van der Waals surface area contributed by atoms with Gasteiger partial charge in [-0.1, -0.05) is 44.2 Å². The number of aryl methyl sites for hydroxylation is 2. The fourth-order valence-corrected chi connectivity index (χ4v) is 4.70. The van der Waals surface area contributed by atoms with Crippen LogP contribution >= 0.6 is 0 Å². The smallest absolute Gasteiger partial charge is 0.0755 e. The molecule has 0 saturated carbocycles. The molecule has 0 bridgehead atoms. The van der Waals surface area contributed by atoms with E-state index in [1.165, 1.54) is 16.3 Å². The minimum absolute atomic E-state index is 0. The molecule has 4 aromatic carbocycles. The predicted molar refractivity (Wildman–Crippen MR) is 155 cm³/mol. The van der Waals surface area contributed by atoms with Crippen molar-refractivity contribution in [1.82, 2.24) is 19.9 Å². The Morgan fingerprint density at radius 2 is 1.54 bits per heavy atom. The Labute approximate surface area is 241 Å². The first-order valence-corrected chi connectivity index (χ1v) is 12.5. The normalized spacial score (nSPS) is 10.6. The van der Waals surface area contributed by atoms with E-state index in [9.17, 15) is 0 Å². The molecule has 7 aromatic rings. The maximum atomic E-state index is 4.63. The van der Waals surface area contributed by atoms with E-state index in [1.54, 1.807) is 6.20 Å². The van der Waals surface area contributed by atoms with Crippen LogP contribution < -0.4 is 0 Å². The Hall–Kier alpha value is -4.31. The van der Waals surface area contributed by atoms with Gasteiger partial charge in [0.15, 0.2) is 0 Å². The van der Waals surface area contributed by atoms with Gasteiger partial charge >= 0.3 is 0 Å². The van der Waals surface area contributed by atoms with Gasteiger partial charge in [0.1, 0.15) is 0 Å². The number of hydrogen-bond acceptors (Lipinski definition) is 4. The van der Waals surface area contributed by atoms with E-state index in [2.05, 4.69) is 82.3 Å².